The average molecular weight is 561 g/mol. The molecule has 2 aliphatic rings. The fourth-order valence-electron chi connectivity index (χ4n) is 5.76. The van der Waals surface area contributed by atoms with Gasteiger partial charge in [-0.25, -0.2) is 14.2 Å². The Balaban J connectivity index is 1.48. The van der Waals surface area contributed by atoms with Crippen molar-refractivity contribution in [3.8, 4) is 5.75 Å². The molecule has 0 saturated heterocycles. The van der Waals surface area contributed by atoms with Crippen molar-refractivity contribution in [3.05, 3.63) is 34.7 Å². The number of carbonyl (C=O) groups excluding carboxylic acids is 1. The summed E-state index contributed by atoms with van der Waals surface area (Å²) in [5.41, 5.74) is 0.776. The van der Waals surface area contributed by atoms with E-state index in [0.29, 0.717) is 23.8 Å². The number of nitrogens with zero attached hydrogens (tertiary/aromatic N) is 5. The first-order valence-electron chi connectivity index (χ1n) is 14.2. The van der Waals surface area contributed by atoms with Gasteiger partial charge in [-0.3, -0.25) is 14.7 Å². The minimum Gasteiger partial charge on any atom is -0.494 e. The number of hydrogen-bond donors (Lipinski definition) is 1. The second-order valence-electron chi connectivity index (χ2n) is 11.0. The third kappa shape index (κ3) is 6.57. The van der Waals surface area contributed by atoms with Crippen LogP contribution in [0.1, 0.15) is 78.2 Å². The number of carbonyl (C=O) groups is 1. The first kappa shape index (κ1) is 29.3. The van der Waals surface area contributed by atoms with Crippen LogP contribution in [0.25, 0.3) is 0 Å². The summed E-state index contributed by atoms with van der Waals surface area (Å²) in [5, 5.41) is 3.50. The smallest absolute Gasteiger partial charge is 0.330 e. The van der Waals surface area contributed by atoms with E-state index < -0.39 is 5.82 Å². The summed E-state index contributed by atoms with van der Waals surface area (Å²) in [6, 6.07) is 3.78. The highest BCUT2D eigenvalue weighted by Crippen LogP contribution is 2.41. The molecule has 1 aromatic heterocycles. The normalized spacial score (nSPS) is 16.1. The second kappa shape index (κ2) is 13.1. The predicted molar refractivity (Wildman–Crippen MR) is 156 cm³/mol. The van der Waals surface area contributed by atoms with Gasteiger partial charge in [0.15, 0.2) is 11.6 Å². The number of amides is 2. The number of benzene rings is 1. The number of nitrogens with one attached hydrogen (secondary N) is 1. The van der Waals surface area contributed by atoms with Crippen LogP contribution in [0, 0.1) is 5.82 Å². The van der Waals surface area contributed by atoms with Gasteiger partial charge in [0.05, 0.1) is 18.7 Å². The van der Waals surface area contributed by atoms with E-state index in [2.05, 4.69) is 42.9 Å². The topological polar surface area (TPSA) is 73.8 Å². The van der Waals surface area contributed by atoms with Crippen LogP contribution in [0.5, 0.6) is 5.75 Å². The quantitative estimate of drug-likeness (QED) is 0.286. The summed E-state index contributed by atoms with van der Waals surface area (Å²) in [5.74, 6) is 0.494. The Labute approximate surface area is 236 Å². The van der Waals surface area contributed by atoms with Crippen molar-refractivity contribution >= 4 is 35.1 Å². The molecule has 1 aliphatic heterocycles. The minimum absolute atomic E-state index is 0.000829. The van der Waals surface area contributed by atoms with Crippen LogP contribution in [0.4, 0.5) is 26.6 Å². The number of unbranched alkanes of at least 4 members (excludes halogenated alkanes) is 2. The molecule has 10 heteroatoms. The van der Waals surface area contributed by atoms with Crippen LogP contribution in [0.2, 0.25) is 5.02 Å². The number of hydrogen-bond acceptors (Lipinski definition) is 6. The third-order valence-electron chi connectivity index (χ3n) is 7.75. The molecule has 0 unspecified atom stereocenters. The lowest BCUT2D eigenvalue weighted by atomic mass is 10.1. The molecular formula is C29H42ClFN6O2. The summed E-state index contributed by atoms with van der Waals surface area (Å²) in [7, 11) is 1.39. The van der Waals surface area contributed by atoms with Gasteiger partial charge in [0.25, 0.3) is 0 Å². The van der Waals surface area contributed by atoms with Crippen LogP contribution in [0.3, 0.4) is 0 Å². The molecule has 2 aromatic rings. The van der Waals surface area contributed by atoms with Gasteiger partial charge < -0.3 is 10.1 Å². The zero-order valence-corrected chi connectivity index (χ0v) is 24.6. The summed E-state index contributed by atoms with van der Waals surface area (Å²) >= 11 is 6.41. The average Bonchev–Trinajstić information content (AvgIpc) is 3.42. The Kier molecular flexibility index (Phi) is 9.88. The molecule has 214 valence electrons. The zero-order chi connectivity index (χ0) is 28.1. The third-order valence-corrected chi connectivity index (χ3v) is 8.05. The maximum absolute atomic E-state index is 15.3. The molecule has 8 nitrogen and oxygen atoms in total. The molecule has 1 fully saturated rings. The molecule has 0 bridgehead atoms. The molecule has 1 N–H and O–H groups in total. The number of methoxy groups -OCH3 is 1. The molecule has 0 atom stereocenters. The first-order valence-corrected chi connectivity index (χ1v) is 14.6. The fourth-order valence-corrected chi connectivity index (χ4v) is 6.01. The highest BCUT2D eigenvalue weighted by Gasteiger charge is 2.40. The Morgan fingerprint density at radius 2 is 1.87 bits per heavy atom. The molecule has 2 amide bonds. The van der Waals surface area contributed by atoms with Gasteiger partial charge in [-0.2, -0.15) is 4.98 Å². The molecule has 0 spiro atoms. The van der Waals surface area contributed by atoms with Gasteiger partial charge >= 0.3 is 6.03 Å². The minimum atomic E-state index is -0.655. The van der Waals surface area contributed by atoms with E-state index in [1.54, 1.807) is 17.2 Å². The number of rotatable bonds is 12. The summed E-state index contributed by atoms with van der Waals surface area (Å²) in [6.07, 6.45) is 8.85. The first-order chi connectivity index (χ1) is 18.7. The van der Waals surface area contributed by atoms with Gasteiger partial charge in [0.2, 0.25) is 5.95 Å². The van der Waals surface area contributed by atoms with Gasteiger partial charge in [0.1, 0.15) is 11.5 Å². The maximum Gasteiger partial charge on any atom is 0.330 e. The maximum atomic E-state index is 15.3. The number of halogens is 2. The van der Waals surface area contributed by atoms with Gasteiger partial charge in [0, 0.05) is 36.4 Å². The zero-order valence-electron chi connectivity index (χ0n) is 23.8. The van der Waals surface area contributed by atoms with Crippen LogP contribution in [-0.2, 0) is 6.54 Å². The lowest BCUT2D eigenvalue weighted by Crippen LogP contribution is -2.52. The van der Waals surface area contributed by atoms with Crippen molar-refractivity contribution in [3.63, 3.8) is 0 Å². The Bertz CT molecular complexity index is 1130. The van der Waals surface area contributed by atoms with Gasteiger partial charge in [-0.1, -0.05) is 30.9 Å². The van der Waals surface area contributed by atoms with Crippen molar-refractivity contribution in [2.75, 3.05) is 35.3 Å². The van der Waals surface area contributed by atoms with Crippen LogP contribution < -0.4 is 19.9 Å². The second-order valence-corrected chi connectivity index (χ2v) is 11.5. The predicted octanol–water partition coefficient (Wildman–Crippen LogP) is 6.87. The lowest BCUT2D eigenvalue weighted by Gasteiger charge is -2.39. The van der Waals surface area contributed by atoms with E-state index in [-0.39, 0.29) is 35.1 Å². The largest absolute Gasteiger partial charge is 0.494 e. The molecule has 39 heavy (non-hydrogen) atoms. The van der Waals surface area contributed by atoms with Crippen molar-refractivity contribution in [2.24, 2.45) is 0 Å². The molecule has 1 saturated carbocycles. The number of fused-ring (bicyclic) bond motifs is 1. The van der Waals surface area contributed by atoms with E-state index in [1.165, 1.54) is 18.1 Å². The van der Waals surface area contributed by atoms with Crippen molar-refractivity contribution < 1.29 is 13.9 Å². The fraction of sp³-hybridized carbons (Fsp3) is 0.621. The number of anilines is 3. The number of urea groups is 1. The number of ether oxygens (including phenoxy) is 1. The summed E-state index contributed by atoms with van der Waals surface area (Å²) in [4.78, 5) is 28.8. The molecule has 1 aromatic carbocycles. The molecular weight excluding hydrogens is 519 g/mol. The van der Waals surface area contributed by atoms with Crippen molar-refractivity contribution in [1.29, 1.82) is 0 Å². The Hall–Kier alpha value is -2.65. The highest BCUT2D eigenvalue weighted by atomic mass is 35.5. The number of aromatic nitrogens is 2. The van der Waals surface area contributed by atoms with Crippen LogP contribution in [-0.4, -0.2) is 59.2 Å². The van der Waals surface area contributed by atoms with Crippen LogP contribution >= 0.6 is 11.6 Å². The van der Waals surface area contributed by atoms with Crippen molar-refractivity contribution in [2.45, 2.75) is 97.3 Å². The lowest BCUT2D eigenvalue weighted by molar-refractivity contribution is 0.171. The van der Waals surface area contributed by atoms with Gasteiger partial charge in [-0.15, -0.1) is 0 Å². The van der Waals surface area contributed by atoms with E-state index >= 15 is 4.39 Å². The monoisotopic (exact) mass is 560 g/mol. The summed E-state index contributed by atoms with van der Waals surface area (Å²) < 4.78 is 20.5. The standard InChI is InChI=1S/C29H42ClFN6O2/c1-19(2)35(20(3)4)16-10-6-9-15-32-28-33-17-21-18-36(26-23(30)13-14-24(39-5)25(26)31)29(38)37(27(21)34-28)22-11-7-8-12-22/h13-14,17,19-20,22H,6-12,15-16,18H2,1-5H3,(H,32,33,34). The van der Waals surface area contributed by atoms with E-state index in [0.717, 1.165) is 63.6 Å². The molecule has 0 radical (unpaired) electrons. The molecule has 2 heterocycles. The van der Waals surface area contributed by atoms with E-state index in [9.17, 15) is 4.79 Å². The SMILES string of the molecule is COc1ccc(Cl)c(N2Cc3cnc(NCCCCCN(C(C)C)C(C)C)nc3N(C3CCCC3)C2=O)c1F. The molecule has 1 aliphatic carbocycles. The van der Waals surface area contributed by atoms with Crippen LogP contribution in [0.15, 0.2) is 18.3 Å². The van der Waals surface area contributed by atoms with Gasteiger partial charge in [-0.05, 0) is 72.1 Å². The van der Waals surface area contributed by atoms with Crippen molar-refractivity contribution in [1.82, 2.24) is 14.9 Å². The van der Waals surface area contributed by atoms with E-state index in [1.807, 2.05) is 0 Å². The highest BCUT2D eigenvalue weighted by molar-refractivity contribution is 6.34. The summed E-state index contributed by atoms with van der Waals surface area (Å²) in [6.45, 7) is 11.0. The Morgan fingerprint density at radius 1 is 1.15 bits per heavy atom. The Morgan fingerprint density at radius 3 is 2.54 bits per heavy atom. The van der Waals surface area contributed by atoms with E-state index in [4.69, 9.17) is 21.3 Å². The molecule has 4 rings (SSSR count).